The molecule has 0 bridgehead atoms. The Hall–Kier alpha value is -1.75. The highest BCUT2D eigenvalue weighted by Gasteiger charge is 2.26. The summed E-state index contributed by atoms with van der Waals surface area (Å²) >= 11 is 0. The second-order valence-corrected chi connectivity index (χ2v) is 4.62. The zero-order chi connectivity index (χ0) is 13.8. The summed E-state index contributed by atoms with van der Waals surface area (Å²) in [5.41, 5.74) is 0.551. The average Bonchev–Trinajstić information content (AvgIpc) is 2.46. The van der Waals surface area contributed by atoms with Gasteiger partial charge < -0.3 is 19.7 Å². The van der Waals surface area contributed by atoms with Gasteiger partial charge in [-0.05, 0) is 25.1 Å². The number of methoxy groups -OCH3 is 2. The molecular formula is C14H20N2O3. The highest BCUT2D eigenvalue weighted by atomic mass is 16.5. The molecule has 0 unspecified atom stereocenters. The van der Waals surface area contributed by atoms with Gasteiger partial charge in [0.25, 0.3) is 5.91 Å². The number of carbonyl (C=O) groups is 1. The molecule has 1 heterocycles. The molecule has 1 saturated heterocycles. The van der Waals surface area contributed by atoms with Gasteiger partial charge in [0, 0.05) is 25.7 Å². The minimum Gasteiger partial charge on any atom is -0.497 e. The van der Waals surface area contributed by atoms with Crippen LogP contribution in [0.2, 0.25) is 0 Å². The first kappa shape index (κ1) is 13.7. The molecule has 19 heavy (non-hydrogen) atoms. The SMILES string of the molecule is COc1ccc(OC)c(C(=O)N2CCNC[C@H]2C)c1. The van der Waals surface area contributed by atoms with Gasteiger partial charge in [0.2, 0.25) is 0 Å². The van der Waals surface area contributed by atoms with Gasteiger partial charge in [-0.2, -0.15) is 0 Å². The molecule has 1 aromatic carbocycles. The van der Waals surface area contributed by atoms with Crippen molar-refractivity contribution in [2.24, 2.45) is 0 Å². The van der Waals surface area contributed by atoms with E-state index in [1.54, 1.807) is 32.4 Å². The largest absolute Gasteiger partial charge is 0.497 e. The normalized spacial score (nSPS) is 19.1. The minimum atomic E-state index is -0.00949. The van der Waals surface area contributed by atoms with E-state index in [0.717, 1.165) is 13.1 Å². The van der Waals surface area contributed by atoms with Crippen LogP contribution in [0.25, 0.3) is 0 Å². The maximum Gasteiger partial charge on any atom is 0.258 e. The number of ether oxygens (including phenoxy) is 2. The van der Waals surface area contributed by atoms with Crippen molar-refractivity contribution in [1.82, 2.24) is 10.2 Å². The Morgan fingerprint density at radius 3 is 2.79 bits per heavy atom. The minimum absolute atomic E-state index is 0.00949. The zero-order valence-corrected chi connectivity index (χ0v) is 11.6. The molecule has 5 heteroatoms. The van der Waals surface area contributed by atoms with Gasteiger partial charge >= 0.3 is 0 Å². The van der Waals surface area contributed by atoms with E-state index in [-0.39, 0.29) is 11.9 Å². The number of piperazine rings is 1. The lowest BCUT2D eigenvalue weighted by atomic mass is 10.1. The number of amides is 1. The first-order valence-electron chi connectivity index (χ1n) is 6.41. The molecule has 1 atom stereocenters. The van der Waals surface area contributed by atoms with Gasteiger partial charge in [-0.1, -0.05) is 0 Å². The number of benzene rings is 1. The standard InChI is InChI=1S/C14H20N2O3/c1-10-9-15-6-7-16(10)14(17)12-8-11(18-2)4-5-13(12)19-3/h4-5,8,10,15H,6-7,9H2,1-3H3/t10-/m1/s1. The van der Waals surface area contributed by atoms with Gasteiger partial charge in [-0.25, -0.2) is 0 Å². The van der Waals surface area contributed by atoms with Crippen molar-refractivity contribution in [2.75, 3.05) is 33.9 Å². The molecule has 1 N–H and O–H groups in total. The highest BCUT2D eigenvalue weighted by molar-refractivity contribution is 5.97. The van der Waals surface area contributed by atoms with Crippen LogP contribution in [0.1, 0.15) is 17.3 Å². The highest BCUT2D eigenvalue weighted by Crippen LogP contribution is 2.26. The molecule has 1 amide bonds. The molecule has 0 radical (unpaired) electrons. The third-order valence-corrected chi connectivity index (χ3v) is 3.40. The van der Waals surface area contributed by atoms with Crippen molar-refractivity contribution in [3.05, 3.63) is 23.8 Å². The summed E-state index contributed by atoms with van der Waals surface area (Å²) in [5, 5.41) is 3.27. The molecule has 104 valence electrons. The average molecular weight is 264 g/mol. The molecule has 0 aromatic heterocycles. The predicted molar refractivity (Wildman–Crippen MR) is 72.9 cm³/mol. The summed E-state index contributed by atoms with van der Waals surface area (Å²) in [4.78, 5) is 14.5. The number of nitrogens with zero attached hydrogens (tertiary/aromatic N) is 1. The van der Waals surface area contributed by atoms with Gasteiger partial charge in [0.15, 0.2) is 0 Å². The first-order chi connectivity index (χ1) is 9.17. The van der Waals surface area contributed by atoms with E-state index in [2.05, 4.69) is 5.32 Å². The summed E-state index contributed by atoms with van der Waals surface area (Å²) < 4.78 is 10.5. The van der Waals surface area contributed by atoms with Crippen LogP contribution in [0.5, 0.6) is 11.5 Å². The van der Waals surface area contributed by atoms with Crippen LogP contribution in [0.15, 0.2) is 18.2 Å². The summed E-state index contributed by atoms with van der Waals surface area (Å²) in [6.45, 7) is 4.39. The second kappa shape index (κ2) is 5.93. The number of nitrogens with one attached hydrogen (secondary N) is 1. The molecule has 0 saturated carbocycles. The lowest BCUT2D eigenvalue weighted by Crippen LogP contribution is -2.52. The number of hydrogen-bond acceptors (Lipinski definition) is 4. The van der Waals surface area contributed by atoms with E-state index in [1.165, 1.54) is 0 Å². The molecule has 1 fully saturated rings. The van der Waals surface area contributed by atoms with E-state index in [4.69, 9.17) is 9.47 Å². The second-order valence-electron chi connectivity index (χ2n) is 4.62. The molecule has 5 nitrogen and oxygen atoms in total. The summed E-state index contributed by atoms with van der Waals surface area (Å²) in [5.74, 6) is 1.23. The Kier molecular flexibility index (Phi) is 4.27. The third-order valence-electron chi connectivity index (χ3n) is 3.40. The molecule has 1 aliphatic rings. The lowest BCUT2D eigenvalue weighted by Gasteiger charge is -2.34. The molecule has 1 aliphatic heterocycles. The summed E-state index contributed by atoms with van der Waals surface area (Å²) in [6, 6.07) is 5.46. The zero-order valence-electron chi connectivity index (χ0n) is 11.6. The lowest BCUT2D eigenvalue weighted by molar-refractivity contribution is 0.0652. The van der Waals surface area contributed by atoms with Crippen molar-refractivity contribution in [3.8, 4) is 11.5 Å². The fraction of sp³-hybridized carbons (Fsp3) is 0.500. The summed E-state index contributed by atoms with van der Waals surface area (Å²) in [6.07, 6.45) is 0. The molecule has 1 aromatic rings. The van der Waals surface area contributed by atoms with Crippen LogP contribution in [-0.4, -0.2) is 50.7 Å². The predicted octanol–water partition coefficient (Wildman–Crippen LogP) is 1.14. The van der Waals surface area contributed by atoms with Crippen LogP contribution < -0.4 is 14.8 Å². The fourth-order valence-electron chi connectivity index (χ4n) is 2.28. The molecule has 2 rings (SSSR count). The Balaban J connectivity index is 2.30. The number of carbonyl (C=O) groups excluding carboxylic acids is 1. The number of hydrogen-bond donors (Lipinski definition) is 1. The van der Waals surface area contributed by atoms with Crippen molar-refractivity contribution < 1.29 is 14.3 Å². The van der Waals surface area contributed by atoms with Gasteiger partial charge in [0.1, 0.15) is 11.5 Å². The van der Waals surface area contributed by atoms with Crippen LogP contribution in [0.3, 0.4) is 0 Å². The van der Waals surface area contributed by atoms with Crippen molar-refractivity contribution >= 4 is 5.91 Å². The van der Waals surface area contributed by atoms with Gasteiger partial charge in [-0.3, -0.25) is 4.79 Å². The maximum atomic E-state index is 12.6. The Morgan fingerprint density at radius 1 is 1.37 bits per heavy atom. The number of rotatable bonds is 3. The first-order valence-corrected chi connectivity index (χ1v) is 6.41. The third kappa shape index (κ3) is 2.81. The Labute approximate surface area is 113 Å². The topological polar surface area (TPSA) is 50.8 Å². The molecule has 0 aliphatic carbocycles. The Morgan fingerprint density at radius 2 is 2.16 bits per heavy atom. The van der Waals surface area contributed by atoms with Crippen molar-refractivity contribution in [2.45, 2.75) is 13.0 Å². The van der Waals surface area contributed by atoms with E-state index >= 15 is 0 Å². The van der Waals surface area contributed by atoms with E-state index in [1.807, 2.05) is 11.8 Å². The Bertz CT molecular complexity index is 462. The van der Waals surface area contributed by atoms with E-state index in [9.17, 15) is 4.79 Å². The summed E-state index contributed by atoms with van der Waals surface area (Å²) in [7, 11) is 3.16. The van der Waals surface area contributed by atoms with E-state index < -0.39 is 0 Å². The van der Waals surface area contributed by atoms with Gasteiger partial charge in [0.05, 0.1) is 19.8 Å². The monoisotopic (exact) mass is 264 g/mol. The van der Waals surface area contributed by atoms with Crippen LogP contribution in [0, 0.1) is 0 Å². The van der Waals surface area contributed by atoms with Crippen LogP contribution in [-0.2, 0) is 0 Å². The molecular weight excluding hydrogens is 244 g/mol. The fourth-order valence-corrected chi connectivity index (χ4v) is 2.28. The van der Waals surface area contributed by atoms with E-state index in [0.29, 0.717) is 23.6 Å². The maximum absolute atomic E-state index is 12.6. The smallest absolute Gasteiger partial charge is 0.258 e. The van der Waals surface area contributed by atoms with Gasteiger partial charge in [-0.15, -0.1) is 0 Å². The van der Waals surface area contributed by atoms with Crippen LogP contribution in [0.4, 0.5) is 0 Å². The van der Waals surface area contributed by atoms with Crippen molar-refractivity contribution in [3.63, 3.8) is 0 Å². The van der Waals surface area contributed by atoms with Crippen LogP contribution >= 0.6 is 0 Å². The quantitative estimate of drug-likeness (QED) is 0.889. The van der Waals surface area contributed by atoms with Crippen molar-refractivity contribution in [1.29, 1.82) is 0 Å². The molecule has 0 spiro atoms.